The number of hydrogen-bond donors (Lipinski definition) is 2. The summed E-state index contributed by atoms with van der Waals surface area (Å²) in [6, 6.07) is 3.54. The molecule has 0 spiro atoms. The van der Waals surface area contributed by atoms with Crippen LogP contribution in [0, 0.1) is 0 Å². The SMILES string of the molecule is C=C/C=c1/c(C=NC(=C/C)/C(=C\C=C)C(=O)O)c(N)ccc1=C. The number of carbonyl (C=O) groups is 1. The molecule has 1 aromatic carbocycles. The van der Waals surface area contributed by atoms with Crippen LogP contribution in [0.2, 0.25) is 0 Å². The van der Waals surface area contributed by atoms with Gasteiger partial charge in [0.1, 0.15) is 0 Å². The van der Waals surface area contributed by atoms with Gasteiger partial charge >= 0.3 is 5.97 Å². The average Bonchev–Trinajstić information content (AvgIpc) is 2.52. The molecule has 0 aliphatic rings. The Morgan fingerprint density at radius 3 is 2.52 bits per heavy atom. The number of aliphatic imine (C=N–C) groups is 1. The molecule has 0 amide bonds. The lowest BCUT2D eigenvalue weighted by atomic mass is 10.1. The number of nitrogen functional groups attached to an aromatic ring is 1. The summed E-state index contributed by atoms with van der Waals surface area (Å²) in [6.45, 7) is 12.9. The molecule has 0 unspecified atom stereocenters. The predicted molar refractivity (Wildman–Crippen MR) is 97.6 cm³/mol. The standard InChI is InChI=1S/C19H20N2O2/c1-5-8-14-13(4)10-11-17(20)16(14)12-21-18(7-3)15(9-6-2)19(22)23/h5-12H,1-2,4,20H2,3H3,(H,22,23)/b14-8+,15-9+,18-7+,21-12?. The number of anilines is 1. The lowest BCUT2D eigenvalue weighted by Gasteiger charge is -2.04. The Hall–Kier alpha value is -3.14. The van der Waals surface area contributed by atoms with Crippen molar-refractivity contribution in [2.24, 2.45) is 4.99 Å². The molecule has 0 aliphatic heterocycles. The van der Waals surface area contributed by atoms with Crippen LogP contribution in [0.3, 0.4) is 0 Å². The quantitative estimate of drug-likeness (QED) is 0.366. The molecule has 4 nitrogen and oxygen atoms in total. The second kappa shape index (κ2) is 8.34. The van der Waals surface area contributed by atoms with Crippen LogP contribution in [0.15, 0.2) is 65.9 Å². The number of nitrogens with two attached hydrogens (primary N) is 1. The van der Waals surface area contributed by atoms with Gasteiger partial charge in [-0.3, -0.25) is 4.99 Å². The van der Waals surface area contributed by atoms with Gasteiger partial charge in [-0.1, -0.05) is 50.1 Å². The molecule has 0 aliphatic carbocycles. The first-order valence-electron chi connectivity index (χ1n) is 6.93. The van der Waals surface area contributed by atoms with Gasteiger partial charge in [0.25, 0.3) is 0 Å². The van der Waals surface area contributed by atoms with Crippen molar-refractivity contribution < 1.29 is 9.90 Å². The zero-order chi connectivity index (χ0) is 17.4. The maximum Gasteiger partial charge on any atom is 0.337 e. The second-order valence-electron chi connectivity index (χ2n) is 4.60. The van der Waals surface area contributed by atoms with Crippen molar-refractivity contribution in [1.29, 1.82) is 0 Å². The number of rotatable bonds is 6. The van der Waals surface area contributed by atoms with Crippen molar-refractivity contribution in [2.45, 2.75) is 6.92 Å². The third-order valence-corrected chi connectivity index (χ3v) is 3.09. The molecule has 0 heterocycles. The van der Waals surface area contributed by atoms with Crippen molar-refractivity contribution in [3.8, 4) is 0 Å². The van der Waals surface area contributed by atoms with Crippen LogP contribution in [0.4, 0.5) is 5.69 Å². The first-order chi connectivity index (χ1) is 11.0. The fourth-order valence-corrected chi connectivity index (χ4v) is 1.97. The fraction of sp³-hybridized carbons (Fsp3) is 0.0526. The molecule has 0 radical (unpaired) electrons. The Bertz CT molecular complexity index is 828. The third-order valence-electron chi connectivity index (χ3n) is 3.09. The van der Waals surface area contributed by atoms with Gasteiger partial charge in [-0.25, -0.2) is 4.79 Å². The van der Waals surface area contributed by atoms with Gasteiger partial charge in [-0.05, 0) is 29.5 Å². The van der Waals surface area contributed by atoms with E-state index in [-0.39, 0.29) is 5.57 Å². The highest BCUT2D eigenvalue weighted by molar-refractivity contribution is 5.94. The number of benzene rings is 1. The maximum absolute atomic E-state index is 11.3. The Morgan fingerprint density at radius 2 is 2.00 bits per heavy atom. The number of carboxylic acids is 1. The Kier molecular flexibility index (Phi) is 6.49. The summed E-state index contributed by atoms with van der Waals surface area (Å²) in [7, 11) is 0. The van der Waals surface area contributed by atoms with Crippen molar-refractivity contribution in [2.75, 3.05) is 5.73 Å². The van der Waals surface area contributed by atoms with E-state index >= 15 is 0 Å². The number of aliphatic carboxylic acids is 1. The van der Waals surface area contributed by atoms with Gasteiger partial charge < -0.3 is 10.8 Å². The first kappa shape index (κ1) is 17.9. The van der Waals surface area contributed by atoms with Crippen molar-refractivity contribution in [1.82, 2.24) is 0 Å². The number of hydrogen-bond acceptors (Lipinski definition) is 3. The minimum absolute atomic E-state index is 0.0531. The molecular formula is C19H20N2O2. The lowest BCUT2D eigenvalue weighted by Crippen LogP contribution is -2.28. The van der Waals surface area contributed by atoms with E-state index in [1.807, 2.05) is 0 Å². The molecule has 0 saturated carbocycles. The topological polar surface area (TPSA) is 75.7 Å². The molecule has 3 N–H and O–H groups in total. The predicted octanol–water partition coefficient (Wildman–Crippen LogP) is 2.17. The minimum atomic E-state index is -1.08. The van der Waals surface area contributed by atoms with Gasteiger partial charge in [0.05, 0.1) is 11.3 Å². The first-order valence-corrected chi connectivity index (χ1v) is 6.93. The normalized spacial score (nSPS) is 13.3. The van der Waals surface area contributed by atoms with Gasteiger partial charge in [0.2, 0.25) is 0 Å². The summed E-state index contributed by atoms with van der Waals surface area (Å²) in [5.41, 5.74) is 7.56. The van der Waals surface area contributed by atoms with Crippen molar-refractivity contribution in [3.63, 3.8) is 0 Å². The number of allylic oxidation sites excluding steroid dienone is 4. The van der Waals surface area contributed by atoms with Crippen molar-refractivity contribution in [3.05, 3.63) is 76.9 Å². The Labute approximate surface area is 135 Å². The highest BCUT2D eigenvalue weighted by atomic mass is 16.4. The van der Waals surface area contributed by atoms with Crippen LogP contribution in [0.5, 0.6) is 0 Å². The van der Waals surface area contributed by atoms with Crippen LogP contribution < -0.4 is 16.2 Å². The third kappa shape index (κ3) is 4.41. The van der Waals surface area contributed by atoms with E-state index in [9.17, 15) is 9.90 Å². The molecule has 0 aromatic heterocycles. The molecular weight excluding hydrogens is 288 g/mol. The molecule has 118 valence electrons. The van der Waals surface area contributed by atoms with E-state index in [1.165, 1.54) is 18.4 Å². The summed E-state index contributed by atoms with van der Waals surface area (Å²) < 4.78 is 0. The smallest absolute Gasteiger partial charge is 0.337 e. The summed E-state index contributed by atoms with van der Waals surface area (Å²) in [5, 5.41) is 10.8. The van der Waals surface area contributed by atoms with Crippen molar-refractivity contribution >= 4 is 30.5 Å². The van der Waals surface area contributed by atoms with E-state index in [2.05, 4.69) is 24.7 Å². The van der Waals surface area contributed by atoms with Crippen LogP contribution in [0.25, 0.3) is 12.7 Å². The second-order valence-corrected chi connectivity index (χ2v) is 4.60. The number of nitrogens with zero attached hydrogens (tertiary/aromatic N) is 1. The van der Waals surface area contributed by atoms with Gasteiger partial charge in [-0.15, -0.1) is 0 Å². The van der Waals surface area contributed by atoms with E-state index in [0.29, 0.717) is 16.9 Å². The lowest BCUT2D eigenvalue weighted by molar-refractivity contribution is -0.132. The van der Waals surface area contributed by atoms with E-state index in [4.69, 9.17) is 5.73 Å². The van der Waals surface area contributed by atoms with Crippen LogP contribution in [0.1, 0.15) is 12.5 Å². The van der Waals surface area contributed by atoms with Gasteiger partial charge in [0, 0.05) is 17.5 Å². The van der Waals surface area contributed by atoms with E-state index in [1.54, 1.807) is 37.3 Å². The van der Waals surface area contributed by atoms with Crippen LogP contribution in [-0.2, 0) is 4.79 Å². The maximum atomic E-state index is 11.3. The minimum Gasteiger partial charge on any atom is -0.478 e. The van der Waals surface area contributed by atoms with Gasteiger partial charge in [-0.2, -0.15) is 0 Å². The molecule has 1 rings (SSSR count). The monoisotopic (exact) mass is 308 g/mol. The average molecular weight is 308 g/mol. The van der Waals surface area contributed by atoms with Gasteiger partial charge in [0.15, 0.2) is 0 Å². The van der Waals surface area contributed by atoms with Crippen LogP contribution in [-0.4, -0.2) is 17.3 Å². The molecule has 0 atom stereocenters. The summed E-state index contributed by atoms with van der Waals surface area (Å²) in [6.07, 6.45) is 9.37. The molecule has 4 heteroatoms. The molecule has 0 bridgehead atoms. The van der Waals surface area contributed by atoms with E-state index < -0.39 is 5.97 Å². The zero-order valence-corrected chi connectivity index (χ0v) is 13.1. The van der Waals surface area contributed by atoms with Crippen LogP contribution >= 0.6 is 0 Å². The highest BCUT2D eigenvalue weighted by Crippen LogP contribution is 2.13. The molecule has 0 saturated heterocycles. The summed E-state index contributed by atoms with van der Waals surface area (Å²) in [5.74, 6) is -1.08. The Morgan fingerprint density at radius 1 is 1.30 bits per heavy atom. The Balaban J connectivity index is 3.47. The summed E-state index contributed by atoms with van der Waals surface area (Å²) in [4.78, 5) is 15.6. The molecule has 1 aromatic rings. The highest BCUT2D eigenvalue weighted by Gasteiger charge is 2.10. The van der Waals surface area contributed by atoms with E-state index in [0.717, 1.165) is 10.4 Å². The number of carboxylic acid groups (broad SMARTS) is 1. The molecule has 23 heavy (non-hydrogen) atoms. The zero-order valence-electron chi connectivity index (χ0n) is 13.1. The molecule has 0 fully saturated rings. The largest absolute Gasteiger partial charge is 0.478 e. The summed E-state index contributed by atoms with van der Waals surface area (Å²) >= 11 is 0. The fourth-order valence-electron chi connectivity index (χ4n) is 1.97.